The molecule has 0 aromatic carbocycles. The number of carbonyl (C=O) groups excluding carboxylic acids is 1. The van der Waals surface area contributed by atoms with Crippen molar-refractivity contribution in [3.8, 4) is 0 Å². The number of hydrogen-bond donors (Lipinski definition) is 2. The van der Waals surface area contributed by atoms with Crippen LogP contribution in [0.15, 0.2) is 18.5 Å². The van der Waals surface area contributed by atoms with Crippen LogP contribution in [-0.4, -0.2) is 53.2 Å². The third kappa shape index (κ3) is 4.79. The molecule has 2 rings (SSSR count). The van der Waals surface area contributed by atoms with E-state index in [1.165, 1.54) is 12.8 Å². The van der Waals surface area contributed by atoms with Crippen molar-refractivity contribution >= 4 is 5.91 Å². The lowest BCUT2D eigenvalue weighted by atomic mass is 10.0. The van der Waals surface area contributed by atoms with Crippen LogP contribution < -0.4 is 5.32 Å². The second-order valence-corrected chi connectivity index (χ2v) is 5.73. The molecule has 21 heavy (non-hydrogen) atoms. The minimum absolute atomic E-state index is 0.0662. The molecule has 1 saturated heterocycles. The number of nitrogens with zero attached hydrogens (tertiary/aromatic N) is 2. The van der Waals surface area contributed by atoms with E-state index >= 15 is 0 Å². The summed E-state index contributed by atoms with van der Waals surface area (Å²) in [6, 6.07) is 2.14. The Labute approximate surface area is 126 Å². The zero-order valence-electron chi connectivity index (χ0n) is 12.7. The fourth-order valence-electron chi connectivity index (χ4n) is 2.83. The first kappa shape index (κ1) is 15.9. The molecular weight excluding hydrogens is 266 g/mol. The molecule has 1 fully saturated rings. The Balaban J connectivity index is 1.70. The lowest BCUT2D eigenvalue weighted by Gasteiger charge is -2.34. The number of aryl methyl sites for hydroxylation is 1. The minimum atomic E-state index is -0.0662. The van der Waals surface area contributed by atoms with E-state index in [2.05, 4.69) is 15.2 Å². The maximum absolute atomic E-state index is 12.0. The summed E-state index contributed by atoms with van der Waals surface area (Å²) >= 11 is 0. The van der Waals surface area contributed by atoms with Gasteiger partial charge in [-0.25, -0.2) is 0 Å². The molecule has 0 aliphatic carbocycles. The van der Waals surface area contributed by atoms with Gasteiger partial charge in [0.25, 0.3) is 5.91 Å². The van der Waals surface area contributed by atoms with E-state index in [4.69, 9.17) is 0 Å². The average Bonchev–Trinajstić information content (AvgIpc) is 2.51. The zero-order chi connectivity index (χ0) is 15.1. The van der Waals surface area contributed by atoms with Gasteiger partial charge >= 0.3 is 0 Å². The van der Waals surface area contributed by atoms with E-state index in [-0.39, 0.29) is 12.5 Å². The summed E-state index contributed by atoms with van der Waals surface area (Å²) in [4.78, 5) is 18.3. The highest BCUT2D eigenvalue weighted by molar-refractivity contribution is 5.93. The normalized spacial score (nSPS) is 19.4. The molecule has 116 valence electrons. The Morgan fingerprint density at radius 1 is 1.48 bits per heavy atom. The maximum atomic E-state index is 12.0. The van der Waals surface area contributed by atoms with Gasteiger partial charge in [0.05, 0.1) is 12.2 Å². The van der Waals surface area contributed by atoms with Crippen LogP contribution in [-0.2, 0) is 0 Å². The van der Waals surface area contributed by atoms with Crippen molar-refractivity contribution in [1.82, 2.24) is 15.2 Å². The van der Waals surface area contributed by atoms with E-state index in [0.29, 0.717) is 18.2 Å². The monoisotopic (exact) mass is 291 g/mol. The Morgan fingerprint density at radius 3 is 3.10 bits per heavy atom. The topological polar surface area (TPSA) is 65.5 Å². The molecule has 1 unspecified atom stereocenters. The van der Waals surface area contributed by atoms with E-state index < -0.39 is 0 Å². The first-order valence-electron chi connectivity index (χ1n) is 7.75. The van der Waals surface area contributed by atoms with Crippen molar-refractivity contribution in [3.05, 3.63) is 29.6 Å². The predicted molar refractivity (Wildman–Crippen MR) is 82.2 cm³/mol. The first-order valence-corrected chi connectivity index (χ1v) is 7.75. The summed E-state index contributed by atoms with van der Waals surface area (Å²) in [5.41, 5.74) is 1.60. The van der Waals surface area contributed by atoms with Crippen molar-refractivity contribution in [2.75, 3.05) is 26.2 Å². The van der Waals surface area contributed by atoms with Crippen LogP contribution in [0.5, 0.6) is 0 Å². The van der Waals surface area contributed by atoms with Gasteiger partial charge < -0.3 is 10.4 Å². The Kier molecular flexibility index (Phi) is 6.14. The summed E-state index contributed by atoms with van der Waals surface area (Å²) < 4.78 is 0. The molecule has 5 nitrogen and oxygen atoms in total. The van der Waals surface area contributed by atoms with Crippen molar-refractivity contribution in [1.29, 1.82) is 0 Å². The highest BCUT2D eigenvalue weighted by atomic mass is 16.3. The molecule has 1 amide bonds. The molecule has 0 bridgehead atoms. The summed E-state index contributed by atoms with van der Waals surface area (Å²) in [5.74, 6) is -0.0662. The van der Waals surface area contributed by atoms with E-state index in [0.717, 1.165) is 31.5 Å². The number of nitrogens with one attached hydrogen (secondary N) is 1. The van der Waals surface area contributed by atoms with Gasteiger partial charge in [-0.2, -0.15) is 0 Å². The highest BCUT2D eigenvalue weighted by Crippen LogP contribution is 2.16. The number of aromatic nitrogens is 1. The van der Waals surface area contributed by atoms with E-state index in [9.17, 15) is 9.90 Å². The number of rotatable bonds is 6. The van der Waals surface area contributed by atoms with Gasteiger partial charge in [0.15, 0.2) is 0 Å². The third-order valence-corrected chi connectivity index (χ3v) is 4.00. The standard InChI is InChI=1S/C16H25N3O2/c1-13-9-14(11-17-10-13)16(21)18-6-4-8-19-7-3-2-5-15(19)12-20/h9-11,15,20H,2-8,12H2,1H3,(H,18,21). The van der Waals surface area contributed by atoms with Gasteiger partial charge in [-0.15, -0.1) is 0 Å². The lowest BCUT2D eigenvalue weighted by Crippen LogP contribution is -2.43. The Hall–Kier alpha value is -1.46. The summed E-state index contributed by atoms with van der Waals surface area (Å²) in [5, 5.41) is 12.3. The summed E-state index contributed by atoms with van der Waals surface area (Å²) in [6.45, 7) is 4.80. The largest absolute Gasteiger partial charge is 0.395 e. The van der Waals surface area contributed by atoms with Crippen LogP contribution in [0.3, 0.4) is 0 Å². The summed E-state index contributed by atoms with van der Waals surface area (Å²) in [7, 11) is 0. The van der Waals surface area contributed by atoms with Crippen LogP contribution in [0.1, 0.15) is 41.6 Å². The second kappa shape index (κ2) is 8.10. The van der Waals surface area contributed by atoms with Gasteiger partial charge in [-0.05, 0) is 44.4 Å². The number of piperidine rings is 1. The summed E-state index contributed by atoms with van der Waals surface area (Å²) in [6.07, 6.45) is 7.73. The number of aliphatic hydroxyl groups is 1. The third-order valence-electron chi connectivity index (χ3n) is 4.00. The Morgan fingerprint density at radius 2 is 2.33 bits per heavy atom. The fourth-order valence-corrected chi connectivity index (χ4v) is 2.83. The highest BCUT2D eigenvalue weighted by Gasteiger charge is 2.20. The maximum Gasteiger partial charge on any atom is 0.252 e. The number of carbonyl (C=O) groups is 1. The molecule has 0 radical (unpaired) electrons. The van der Waals surface area contributed by atoms with Gasteiger partial charge in [-0.3, -0.25) is 14.7 Å². The smallest absolute Gasteiger partial charge is 0.252 e. The van der Waals surface area contributed by atoms with Crippen molar-refractivity contribution < 1.29 is 9.90 Å². The van der Waals surface area contributed by atoms with Crippen LogP contribution in [0, 0.1) is 6.92 Å². The quantitative estimate of drug-likeness (QED) is 0.777. The van der Waals surface area contributed by atoms with E-state index in [1.807, 2.05) is 13.0 Å². The van der Waals surface area contributed by atoms with Crippen molar-refractivity contribution in [2.45, 2.75) is 38.6 Å². The minimum Gasteiger partial charge on any atom is -0.395 e. The number of pyridine rings is 1. The van der Waals surface area contributed by atoms with Crippen LogP contribution in [0.4, 0.5) is 0 Å². The number of amides is 1. The lowest BCUT2D eigenvalue weighted by molar-refractivity contribution is 0.0868. The molecule has 2 N–H and O–H groups in total. The predicted octanol–water partition coefficient (Wildman–Crippen LogP) is 1.36. The van der Waals surface area contributed by atoms with Gasteiger partial charge in [0.2, 0.25) is 0 Å². The van der Waals surface area contributed by atoms with Gasteiger partial charge in [0.1, 0.15) is 0 Å². The molecule has 5 heteroatoms. The number of aliphatic hydroxyl groups excluding tert-OH is 1. The molecule has 2 heterocycles. The molecule has 1 atom stereocenters. The molecule has 0 saturated carbocycles. The zero-order valence-corrected chi connectivity index (χ0v) is 12.7. The molecule has 1 aromatic heterocycles. The van der Waals surface area contributed by atoms with Gasteiger partial charge in [-0.1, -0.05) is 6.42 Å². The SMILES string of the molecule is Cc1cncc(C(=O)NCCCN2CCCCC2CO)c1. The molecule has 1 aliphatic rings. The Bertz CT molecular complexity index is 465. The number of likely N-dealkylation sites (tertiary alicyclic amines) is 1. The van der Waals surface area contributed by atoms with Crippen LogP contribution in [0.2, 0.25) is 0 Å². The fraction of sp³-hybridized carbons (Fsp3) is 0.625. The van der Waals surface area contributed by atoms with Crippen LogP contribution >= 0.6 is 0 Å². The van der Waals surface area contributed by atoms with Crippen molar-refractivity contribution in [3.63, 3.8) is 0 Å². The van der Waals surface area contributed by atoms with Crippen LogP contribution in [0.25, 0.3) is 0 Å². The van der Waals surface area contributed by atoms with Crippen molar-refractivity contribution in [2.24, 2.45) is 0 Å². The first-order chi connectivity index (χ1) is 10.2. The van der Waals surface area contributed by atoms with E-state index in [1.54, 1.807) is 12.4 Å². The molecule has 0 spiro atoms. The molecule has 1 aromatic rings. The molecule has 1 aliphatic heterocycles. The second-order valence-electron chi connectivity index (χ2n) is 5.73. The van der Waals surface area contributed by atoms with Gasteiger partial charge in [0, 0.05) is 31.5 Å². The molecular formula is C16H25N3O2. The number of hydrogen-bond acceptors (Lipinski definition) is 4. The average molecular weight is 291 g/mol.